The highest BCUT2D eigenvalue weighted by molar-refractivity contribution is 7.45. The Labute approximate surface area is 138 Å². The van der Waals surface area contributed by atoms with Crippen LogP contribution >= 0.6 is 8.38 Å². The van der Waals surface area contributed by atoms with Crippen molar-refractivity contribution >= 4 is 14.3 Å². The van der Waals surface area contributed by atoms with Crippen LogP contribution in [0, 0.1) is 13.8 Å². The molecule has 0 bridgehead atoms. The van der Waals surface area contributed by atoms with E-state index in [0.717, 1.165) is 16.7 Å². The quantitative estimate of drug-likeness (QED) is 0.450. The molecule has 5 nitrogen and oxygen atoms in total. The number of carboxylic acids is 1. The van der Waals surface area contributed by atoms with Crippen molar-refractivity contribution in [1.29, 1.82) is 0 Å². The molecule has 0 saturated heterocycles. The lowest BCUT2D eigenvalue weighted by Crippen LogP contribution is -2.08. The predicted molar refractivity (Wildman–Crippen MR) is 92.2 cm³/mol. The number of carboxylic acid groups (broad SMARTS) is 1. The SMILES string of the molecule is CC/C(=C\Cc1c(O)c(C(=O)O)c(C)c(C)c1CC)CP(O)O. The molecule has 4 N–H and O–H groups in total. The first-order valence-corrected chi connectivity index (χ1v) is 9.08. The van der Waals surface area contributed by atoms with Crippen LogP contribution in [0.25, 0.3) is 0 Å². The van der Waals surface area contributed by atoms with Crippen molar-refractivity contribution in [3.63, 3.8) is 0 Å². The molecule has 23 heavy (non-hydrogen) atoms. The molecular weight excluding hydrogens is 315 g/mol. The molecule has 0 unspecified atom stereocenters. The zero-order valence-corrected chi connectivity index (χ0v) is 14.9. The van der Waals surface area contributed by atoms with Gasteiger partial charge >= 0.3 is 5.97 Å². The Morgan fingerprint density at radius 3 is 2.17 bits per heavy atom. The van der Waals surface area contributed by atoms with E-state index in [4.69, 9.17) is 9.79 Å². The molecule has 0 aliphatic carbocycles. The monoisotopic (exact) mass is 340 g/mol. The normalized spacial score (nSPS) is 12.0. The van der Waals surface area contributed by atoms with E-state index >= 15 is 0 Å². The number of carbonyl (C=O) groups is 1. The number of allylic oxidation sites excluding steroid dienone is 2. The van der Waals surface area contributed by atoms with Gasteiger partial charge in [0.15, 0.2) is 8.38 Å². The summed E-state index contributed by atoms with van der Waals surface area (Å²) >= 11 is 0. The average molecular weight is 340 g/mol. The number of hydrogen-bond acceptors (Lipinski definition) is 4. The summed E-state index contributed by atoms with van der Waals surface area (Å²) in [5, 5.41) is 19.8. The predicted octanol–water partition coefficient (Wildman–Crippen LogP) is 3.45. The van der Waals surface area contributed by atoms with Gasteiger partial charge in [-0.25, -0.2) is 4.79 Å². The van der Waals surface area contributed by atoms with Crippen LogP contribution < -0.4 is 0 Å². The number of phenols is 1. The summed E-state index contributed by atoms with van der Waals surface area (Å²) in [7, 11) is -2.00. The van der Waals surface area contributed by atoms with Crippen LogP contribution in [0.4, 0.5) is 0 Å². The third-order valence-corrected chi connectivity index (χ3v) is 4.93. The first-order valence-electron chi connectivity index (χ1n) is 7.64. The average Bonchev–Trinajstić information content (AvgIpc) is 2.47. The largest absolute Gasteiger partial charge is 0.507 e. The Morgan fingerprint density at radius 2 is 1.74 bits per heavy atom. The van der Waals surface area contributed by atoms with Gasteiger partial charge in [-0.15, -0.1) is 0 Å². The lowest BCUT2D eigenvalue weighted by atomic mass is 9.88. The second-order valence-corrected chi connectivity index (χ2v) is 6.60. The summed E-state index contributed by atoms with van der Waals surface area (Å²) in [5.74, 6) is -1.32. The van der Waals surface area contributed by atoms with Gasteiger partial charge in [0, 0.05) is 11.7 Å². The summed E-state index contributed by atoms with van der Waals surface area (Å²) in [4.78, 5) is 29.8. The molecule has 128 valence electrons. The van der Waals surface area contributed by atoms with Crippen LogP contribution in [0.1, 0.15) is 52.9 Å². The van der Waals surface area contributed by atoms with E-state index < -0.39 is 14.3 Å². The molecule has 0 aliphatic heterocycles. The van der Waals surface area contributed by atoms with Crippen molar-refractivity contribution in [3.05, 3.63) is 39.5 Å². The Balaban J connectivity index is 3.40. The van der Waals surface area contributed by atoms with Crippen molar-refractivity contribution in [2.75, 3.05) is 6.16 Å². The summed E-state index contributed by atoms with van der Waals surface area (Å²) < 4.78 is 0. The highest BCUT2D eigenvalue weighted by Gasteiger charge is 2.22. The molecule has 1 rings (SSSR count). The van der Waals surface area contributed by atoms with Gasteiger partial charge in [0.1, 0.15) is 11.3 Å². The van der Waals surface area contributed by atoms with E-state index in [2.05, 4.69) is 0 Å². The van der Waals surface area contributed by atoms with Crippen LogP contribution in [0.5, 0.6) is 5.75 Å². The highest BCUT2D eigenvalue weighted by Crippen LogP contribution is 2.35. The molecule has 0 spiro atoms. The minimum Gasteiger partial charge on any atom is -0.507 e. The van der Waals surface area contributed by atoms with E-state index in [1.54, 1.807) is 6.92 Å². The van der Waals surface area contributed by atoms with E-state index in [1.807, 2.05) is 26.8 Å². The third kappa shape index (κ3) is 4.54. The molecule has 0 fully saturated rings. The van der Waals surface area contributed by atoms with Gasteiger partial charge in [-0.1, -0.05) is 25.5 Å². The summed E-state index contributed by atoms with van der Waals surface area (Å²) in [6.45, 7) is 7.47. The Morgan fingerprint density at radius 1 is 1.13 bits per heavy atom. The first-order chi connectivity index (χ1) is 10.7. The fourth-order valence-electron chi connectivity index (χ4n) is 2.82. The number of aromatic hydroxyl groups is 1. The smallest absolute Gasteiger partial charge is 0.339 e. The lowest BCUT2D eigenvalue weighted by Gasteiger charge is -2.18. The van der Waals surface area contributed by atoms with Crippen LogP contribution in [-0.4, -0.2) is 32.1 Å². The molecule has 0 aromatic heterocycles. The van der Waals surface area contributed by atoms with Gasteiger partial charge in [0.2, 0.25) is 0 Å². The van der Waals surface area contributed by atoms with Gasteiger partial charge in [-0.3, -0.25) is 0 Å². The Bertz CT molecular complexity index is 620. The summed E-state index contributed by atoms with van der Waals surface area (Å²) in [6.07, 6.45) is 3.82. The highest BCUT2D eigenvalue weighted by atomic mass is 31.2. The van der Waals surface area contributed by atoms with Crippen LogP contribution in [0.15, 0.2) is 11.6 Å². The molecule has 0 amide bonds. The maximum Gasteiger partial charge on any atom is 0.339 e. The Hall–Kier alpha value is -1.42. The molecule has 0 atom stereocenters. The summed E-state index contributed by atoms with van der Waals surface area (Å²) in [6, 6.07) is 0. The molecule has 0 saturated carbocycles. The maximum atomic E-state index is 11.4. The van der Waals surface area contributed by atoms with Gasteiger partial charge in [0.05, 0.1) is 0 Å². The van der Waals surface area contributed by atoms with E-state index in [1.165, 1.54) is 0 Å². The van der Waals surface area contributed by atoms with Crippen molar-refractivity contribution < 1.29 is 24.8 Å². The maximum absolute atomic E-state index is 11.4. The van der Waals surface area contributed by atoms with E-state index in [9.17, 15) is 15.0 Å². The topological polar surface area (TPSA) is 98.0 Å². The number of rotatable bonds is 7. The first kappa shape index (κ1) is 19.6. The molecule has 0 aliphatic rings. The molecular formula is C17H25O5P. The van der Waals surface area contributed by atoms with Crippen LogP contribution in [0.3, 0.4) is 0 Å². The van der Waals surface area contributed by atoms with Crippen LogP contribution in [0.2, 0.25) is 0 Å². The number of hydrogen-bond donors (Lipinski definition) is 4. The lowest BCUT2D eigenvalue weighted by molar-refractivity contribution is 0.0692. The van der Waals surface area contributed by atoms with Crippen molar-refractivity contribution in [3.8, 4) is 5.75 Å². The van der Waals surface area contributed by atoms with Crippen LogP contribution in [-0.2, 0) is 12.8 Å². The minimum atomic E-state index is -2.00. The third-order valence-electron chi connectivity index (χ3n) is 4.24. The number of benzene rings is 1. The number of aromatic carboxylic acids is 1. The molecule has 1 aromatic carbocycles. The zero-order chi connectivity index (χ0) is 17.7. The van der Waals surface area contributed by atoms with Gasteiger partial charge in [-0.05, 0) is 49.8 Å². The van der Waals surface area contributed by atoms with Gasteiger partial charge < -0.3 is 20.0 Å². The zero-order valence-electron chi connectivity index (χ0n) is 14.1. The standard InChI is InChI=1S/C17H25O5P/c1-5-12(9-23(21)22)7-8-14-13(6-2)10(3)11(4)15(16(14)18)17(19)20/h7,18,21-22H,5-6,8-9H2,1-4H3,(H,19,20)/b12-7+. The van der Waals surface area contributed by atoms with Crippen molar-refractivity contribution in [2.24, 2.45) is 0 Å². The fourth-order valence-corrected chi connectivity index (χ4v) is 3.54. The molecule has 0 heterocycles. The second kappa shape index (κ2) is 8.44. The van der Waals surface area contributed by atoms with Gasteiger partial charge in [0.25, 0.3) is 0 Å². The van der Waals surface area contributed by atoms with Gasteiger partial charge in [-0.2, -0.15) is 0 Å². The fraction of sp³-hybridized carbons (Fsp3) is 0.471. The van der Waals surface area contributed by atoms with E-state index in [0.29, 0.717) is 30.4 Å². The molecule has 0 radical (unpaired) electrons. The molecule has 6 heteroatoms. The summed E-state index contributed by atoms with van der Waals surface area (Å²) in [5.41, 5.74) is 3.87. The minimum absolute atomic E-state index is 0.0484. The van der Waals surface area contributed by atoms with E-state index in [-0.39, 0.29) is 17.5 Å². The second-order valence-electron chi connectivity index (χ2n) is 5.54. The van der Waals surface area contributed by atoms with Crippen molar-refractivity contribution in [2.45, 2.75) is 47.0 Å². The molecule has 1 aromatic rings. The Kier molecular flexibility index (Phi) is 7.20. The van der Waals surface area contributed by atoms with Crippen molar-refractivity contribution in [1.82, 2.24) is 0 Å².